The van der Waals surface area contributed by atoms with Crippen LogP contribution in [-0.4, -0.2) is 105 Å². The number of rotatable bonds is 17. The van der Waals surface area contributed by atoms with Crippen LogP contribution in [0.2, 0.25) is 0 Å². The van der Waals surface area contributed by atoms with E-state index in [0.717, 1.165) is 87.7 Å². The molecule has 0 radical (unpaired) electrons. The second kappa shape index (κ2) is 22.8. The molecule has 3 aliphatic heterocycles. The monoisotopic (exact) mass is 1070 g/mol. The Kier molecular flexibility index (Phi) is 15.7. The highest BCUT2D eigenvalue weighted by Crippen LogP contribution is 2.42. The summed E-state index contributed by atoms with van der Waals surface area (Å²) in [5, 5.41) is 25.3. The highest BCUT2D eigenvalue weighted by Gasteiger charge is 2.34. The van der Waals surface area contributed by atoms with Crippen molar-refractivity contribution >= 4 is 78.7 Å². The summed E-state index contributed by atoms with van der Waals surface area (Å²) < 4.78 is 15.3. The van der Waals surface area contributed by atoms with Crippen molar-refractivity contribution in [3.8, 4) is 16.9 Å². The number of aryl methyl sites for hydroxylation is 1. The van der Waals surface area contributed by atoms with Crippen LogP contribution in [0.4, 0.5) is 16.6 Å². The van der Waals surface area contributed by atoms with E-state index in [4.69, 9.17) is 14.5 Å². The van der Waals surface area contributed by atoms with Crippen LogP contribution in [0, 0.1) is 12.8 Å². The normalized spacial score (nSPS) is 16.7. The zero-order chi connectivity index (χ0) is 54.8. The molecule has 2 fully saturated rings. The van der Waals surface area contributed by atoms with Crippen molar-refractivity contribution < 1.29 is 38.6 Å². The van der Waals surface area contributed by atoms with Gasteiger partial charge < -0.3 is 24.8 Å². The van der Waals surface area contributed by atoms with Crippen LogP contribution in [0.15, 0.2) is 84.9 Å². The Hall–Kier alpha value is -7.54. The van der Waals surface area contributed by atoms with Gasteiger partial charge in [-0.3, -0.25) is 39.4 Å². The Bertz CT molecular complexity index is 3410. The van der Waals surface area contributed by atoms with Gasteiger partial charge in [0.05, 0.1) is 52.3 Å². The average molecular weight is 1070 g/mol. The van der Waals surface area contributed by atoms with Crippen LogP contribution in [0.1, 0.15) is 121 Å². The molecule has 4 amide bonds. The summed E-state index contributed by atoms with van der Waals surface area (Å²) in [5.74, 6) is -0.917. The molecule has 4 N–H and O–H groups in total. The number of likely N-dealkylation sites (tertiary alicyclic amines) is 1. The topological polar surface area (TPSA) is 210 Å². The second-order valence-corrected chi connectivity index (χ2v) is 22.9. The Balaban J connectivity index is 0.719. The molecule has 3 aliphatic rings. The Labute approximate surface area is 457 Å². The number of carboxylic acid groups (broad SMARTS) is 1. The molecule has 0 spiro atoms. The van der Waals surface area contributed by atoms with E-state index in [1.54, 1.807) is 11.7 Å². The van der Waals surface area contributed by atoms with Gasteiger partial charge in [0.2, 0.25) is 17.7 Å². The number of piperidine rings is 2. The molecule has 7 aromatic rings. The first-order valence-corrected chi connectivity index (χ1v) is 27.8. The number of imide groups is 1. The number of aromatic nitrogens is 4. The number of thiazole rings is 1. The molecule has 0 saturated carbocycles. The maximum atomic E-state index is 13.8. The standard InChI is InChI=1S/C60H67N9O8S/c1-35(20-21-37-24-27-68(28-25-37)34-51(71)61-46-17-10-15-41-53(66-67(6)55(41)46)42-22-23-50(70)64-57(42)73)76-30-31-77-47-18-11-13-39(36(47)2)52-44(60(3,4)5)32-49(63-54(52)58(74)75)69-29-26-38-12-9-14-40(43(38)33-69)56(72)65-59-62-45-16-7-8-19-48(45)78-59/h7-19,32,35,37,42H,20-31,33-34H2,1-6H3,(H,61,71)(H,74,75)(H,62,65,72)(H,64,70,73)/t35-,42?/m1/s1. The van der Waals surface area contributed by atoms with Gasteiger partial charge in [0.25, 0.3) is 5.91 Å². The lowest BCUT2D eigenvalue weighted by Crippen LogP contribution is -2.39. The smallest absolute Gasteiger partial charge is 0.355 e. The fraction of sp³-hybridized carbons (Fsp3) is 0.400. The Morgan fingerprint density at radius 2 is 1.69 bits per heavy atom. The van der Waals surface area contributed by atoms with E-state index in [2.05, 4.69) is 63.5 Å². The van der Waals surface area contributed by atoms with Crippen LogP contribution in [-0.2, 0) is 44.5 Å². The van der Waals surface area contributed by atoms with Crippen molar-refractivity contribution in [3.05, 3.63) is 124 Å². The minimum atomic E-state index is -1.13. The van der Waals surface area contributed by atoms with Crippen LogP contribution in [0.3, 0.4) is 0 Å². The summed E-state index contributed by atoms with van der Waals surface area (Å²) >= 11 is 1.43. The van der Waals surface area contributed by atoms with E-state index < -0.39 is 17.3 Å². The maximum Gasteiger partial charge on any atom is 0.355 e. The van der Waals surface area contributed by atoms with Gasteiger partial charge in [-0.15, -0.1) is 0 Å². The Morgan fingerprint density at radius 1 is 0.910 bits per heavy atom. The number of amides is 4. The third kappa shape index (κ3) is 11.7. The predicted octanol–water partition coefficient (Wildman–Crippen LogP) is 9.80. The molecule has 17 nitrogen and oxygen atoms in total. The summed E-state index contributed by atoms with van der Waals surface area (Å²) in [6.07, 6.45) is 5.24. The second-order valence-electron chi connectivity index (χ2n) is 21.9. The Morgan fingerprint density at radius 3 is 2.46 bits per heavy atom. The molecule has 78 heavy (non-hydrogen) atoms. The number of carboxylic acids is 1. The molecule has 1 unspecified atom stereocenters. The number of ether oxygens (including phenoxy) is 2. The quantitative estimate of drug-likeness (QED) is 0.0495. The van der Waals surface area contributed by atoms with Crippen LogP contribution < -0.4 is 25.6 Å². The minimum absolute atomic E-state index is 0.0219. The van der Waals surface area contributed by atoms with Crippen molar-refractivity contribution in [1.29, 1.82) is 0 Å². The van der Waals surface area contributed by atoms with E-state index in [1.165, 1.54) is 11.3 Å². The van der Waals surface area contributed by atoms with Crippen LogP contribution in [0.25, 0.3) is 32.2 Å². The van der Waals surface area contributed by atoms with Gasteiger partial charge >= 0.3 is 5.97 Å². The zero-order valence-corrected chi connectivity index (χ0v) is 45.9. The molecule has 2 atom stereocenters. The van der Waals surface area contributed by atoms with Gasteiger partial charge in [0, 0.05) is 43.1 Å². The lowest BCUT2D eigenvalue weighted by atomic mass is 9.80. The number of nitrogens with zero attached hydrogens (tertiary/aromatic N) is 6. The molecule has 10 rings (SSSR count). The number of carbonyl (C=O) groups excluding carboxylic acids is 4. The molecule has 2 saturated heterocycles. The van der Waals surface area contributed by atoms with Crippen LogP contribution >= 0.6 is 11.3 Å². The van der Waals surface area contributed by atoms with Crippen molar-refractivity contribution in [2.75, 3.05) is 54.9 Å². The average Bonchev–Trinajstić information content (AvgIpc) is 4.15. The molecule has 0 aliphatic carbocycles. The molecular formula is C60H67N9O8S. The van der Waals surface area contributed by atoms with Gasteiger partial charge in [-0.05, 0) is 141 Å². The first-order chi connectivity index (χ1) is 37.5. The largest absolute Gasteiger partial charge is 0.491 e. The number of para-hydroxylation sites is 2. The summed E-state index contributed by atoms with van der Waals surface area (Å²) in [5.41, 5.74) is 7.72. The van der Waals surface area contributed by atoms with Gasteiger partial charge in [0.15, 0.2) is 10.8 Å². The van der Waals surface area contributed by atoms with Gasteiger partial charge in [0.1, 0.15) is 18.2 Å². The number of anilines is 3. The summed E-state index contributed by atoms with van der Waals surface area (Å²) in [6.45, 7) is 13.9. The summed E-state index contributed by atoms with van der Waals surface area (Å²) in [4.78, 5) is 78.6. The van der Waals surface area contributed by atoms with Gasteiger partial charge in [-0.2, -0.15) is 5.10 Å². The first kappa shape index (κ1) is 53.8. The van der Waals surface area contributed by atoms with Crippen molar-refractivity contribution in [3.63, 3.8) is 0 Å². The SMILES string of the molecule is Cc1c(OCCO[C@H](C)CCC2CCN(CC(=O)Nc3cccc4c(C5CCC(=O)NC5=O)nn(C)c34)CC2)cccc1-c1c(C(C)(C)C)cc(N2CCc3cccc(C(=O)Nc4nc5ccccc5s4)c3C2)nc1C(=O)O. The molecule has 4 aromatic carbocycles. The molecular weight excluding hydrogens is 1010 g/mol. The molecule has 0 bridgehead atoms. The maximum absolute atomic E-state index is 13.8. The lowest BCUT2D eigenvalue weighted by molar-refractivity contribution is -0.134. The van der Waals surface area contributed by atoms with E-state index in [-0.39, 0.29) is 48.4 Å². The zero-order valence-electron chi connectivity index (χ0n) is 45.1. The number of aromatic carboxylic acids is 1. The fourth-order valence-corrected chi connectivity index (χ4v) is 12.2. The number of nitrogens with one attached hydrogen (secondary N) is 3. The minimum Gasteiger partial charge on any atom is -0.491 e. The number of carbonyl (C=O) groups is 5. The van der Waals surface area contributed by atoms with E-state index in [0.29, 0.717) is 84.3 Å². The van der Waals surface area contributed by atoms with Crippen molar-refractivity contribution in [1.82, 2.24) is 30.0 Å². The highest BCUT2D eigenvalue weighted by atomic mass is 32.1. The van der Waals surface area contributed by atoms with E-state index in [1.807, 2.05) is 91.9 Å². The number of benzene rings is 4. The van der Waals surface area contributed by atoms with Crippen molar-refractivity contribution in [2.45, 2.75) is 104 Å². The third-order valence-corrected chi connectivity index (χ3v) is 16.4. The molecule has 406 valence electrons. The number of pyridine rings is 1. The summed E-state index contributed by atoms with van der Waals surface area (Å²) in [7, 11) is 1.80. The number of hydrogen-bond acceptors (Lipinski definition) is 13. The molecule has 18 heteroatoms. The summed E-state index contributed by atoms with van der Waals surface area (Å²) in [6, 6.07) is 26.9. The third-order valence-electron chi connectivity index (χ3n) is 15.5. The highest BCUT2D eigenvalue weighted by molar-refractivity contribution is 7.22. The van der Waals surface area contributed by atoms with Crippen molar-refractivity contribution in [2.24, 2.45) is 13.0 Å². The van der Waals surface area contributed by atoms with Crippen LogP contribution in [0.5, 0.6) is 5.75 Å². The predicted molar refractivity (Wildman–Crippen MR) is 303 cm³/mol. The fourth-order valence-electron chi connectivity index (χ4n) is 11.3. The van der Waals surface area contributed by atoms with E-state index in [9.17, 15) is 29.1 Å². The molecule has 3 aromatic heterocycles. The number of fused-ring (bicyclic) bond motifs is 3. The molecule has 6 heterocycles. The first-order valence-electron chi connectivity index (χ1n) is 27.0. The van der Waals surface area contributed by atoms with E-state index >= 15 is 0 Å². The number of hydrogen-bond donors (Lipinski definition) is 4. The van der Waals surface area contributed by atoms with Gasteiger partial charge in [-0.1, -0.05) is 80.6 Å². The lowest BCUT2D eigenvalue weighted by Gasteiger charge is -2.33. The van der Waals surface area contributed by atoms with Gasteiger partial charge in [-0.25, -0.2) is 14.8 Å².